The van der Waals surface area contributed by atoms with Crippen LogP contribution in [0.15, 0.2) is 41.4 Å². The first-order chi connectivity index (χ1) is 14.4. The molecule has 2 aromatic carbocycles. The summed E-state index contributed by atoms with van der Waals surface area (Å²) in [6, 6.07) is 11.1. The van der Waals surface area contributed by atoms with Gasteiger partial charge in [-0.05, 0) is 36.8 Å². The zero-order valence-corrected chi connectivity index (χ0v) is 21.6. The van der Waals surface area contributed by atoms with E-state index < -0.39 is 0 Å². The number of halogens is 2. The molecule has 2 aromatic rings. The van der Waals surface area contributed by atoms with Crippen molar-refractivity contribution >= 4 is 53.1 Å². The molecule has 0 saturated heterocycles. The maximum atomic E-state index is 12.3. The van der Waals surface area contributed by atoms with Gasteiger partial charge in [-0.15, -0.1) is 24.0 Å². The summed E-state index contributed by atoms with van der Waals surface area (Å²) in [4.78, 5) is 18.5. The number of nitrogens with one attached hydrogen (secondary N) is 2. The van der Waals surface area contributed by atoms with Crippen molar-refractivity contribution in [1.29, 1.82) is 0 Å². The maximum Gasteiger partial charge on any atom is 0.226 e. The van der Waals surface area contributed by atoms with E-state index in [1.807, 2.05) is 49.2 Å². The summed E-state index contributed by atoms with van der Waals surface area (Å²) in [5, 5.41) is 6.73. The molecule has 170 valence electrons. The van der Waals surface area contributed by atoms with Crippen LogP contribution in [0.4, 0.5) is 5.69 Å². The van der Waals surface area contributed by atoms with Gasteiger partial charge in [-0.1, -0.05) is 17.7 Å². The third-order valence-electron chi connectivity index (χ3n) is 4.65. The van der Waals surface area contributed by atoms with Crippen molar-refractivity contribution in [2.75, 3.05) is 40.2 Å². The number of nitrogens with zero attached hydrogens (tertiary/aromatic N) is 2. The van der Waals surface area contributed by atoms with Gasteiger partial charge in [-0.3, -0.25) is 9.79 Å². The fourth-order valence-electron chi connectivity index (χ4n) is 2.94. The van der Waals surface area contributed by atoms with Crippen LogP contribution in [-0.2, 0) is 11.3 Å². The van der Waals surface area contributed by atoms with E-state index in [-0.39, 0.29) is 29.9 Å². The van der Waals surface area contributed by atoms with Gasteiger partial charge >= 0.3 is 0 Å². The van der Waals surface area contributed by atoms with Crippen molar-refractivity contribution in [1.82, 2.24) is 10.2 Å². The second kappa shape index (κ2) is 13.3. The Kier molecular flexibility index (Phi) is 11.5. The molecule has 0 bridgehead atoms. The van der Waals surface area contributed by atoms with Crippen molar-refractivity contribution in [3.8, 4) is 11.5 Å². The lowest BCUT2D eigenvalue weighted by Crippen LogP contribution is -2.39. The number of carbonyl (C=O) groups excluding carboxylic acids is 1. The minimum absolute atomic E-state index is 0. The summed E-state index contributed by atoms with van der Waals surface area (Å²) in [7, 11) is 6.88. The molecule has 0 aliphatic heterocycles. The number of methoxy groups -OCH3 is 2. The van der Waals surface area contributed by atoms with Crippen LogP contribution in [0.2, 0.25) is 5.02 Å². The van der Waals surface area contributed by atoms with E-state index in [0.717, 1.165) is 28.3 Å². The topological polar surface area (TPSA) is 75.2 Å². The van der Waals surface area contributed by atoms with Crippen LogP contribution in [0.5, 0.6) is 11.5 Å². The predicted molar refractivity (Wildman–Crippen MR) is 137 cm³/mol. The Hall–Kier alpha value is -2.20. The smallest absolute Gasteiger partial charge is 0.226 e. The lowest BCUT2D eigenvalue weighted by atomic mass is 10.2. The van der Waals surface area contributed by atoms with Crippen molar-refractivity contribution in [2.24, 2.45) is 4.99 Å². The van der Waals surface area contributed by atoms with Crippen LogP contribution in [0.3, 0.4) is 0 Å². The van der Waals surface area contributed by atoms with Gasteiger partial charge in [0.05, 0.1) is 14.2 Å². The highest BCUT2D eigenvalue weighted by Gasteiger charge is 2.12. The first-order valence-electron chi connectivity index (χ1n) is 9.57. The molecule has 0 fully saturated rings. The molecular formula is C22H30ClIN4O3. The number of ether oxygens (including phenoxy) is 2. The van der Waals surface area contributed by atoms with Gasteiger partial charge in [0.1, 0.15) is 11.5 Å². The predicted octanol–water partition coefficient (Wildman–Crippen LogP) is 4.32. The summed E-state index contributed by atoms with van der Waals surface area (Å²) in [6.07, 6.45) is 0.296. The van der Waals surface area contributed by atoms with Gasteiger partial charge in [0.15, 0.2) is 5.96 Å². The average molecular weight is 561 g/mol. The zero-order chi connectivity index (χ0) is 22.1. The molecule has 0 aliphatic carbocycles. The van der Waals surface area contributed by atoms with Crippen LogP contribution in [0, 0.1) is 6.92 Å². The maximum absolute atomic E-state index is 12.3. The van der Waals surface area contributed by atoms with E-state index in [4.69, 9.17) is 21.1 Å². The summed E-state index contributed by atoms with van der Waals surface area (Å²) in [6.45, 7) is 2.91. The molecular weight excluding hydrogens is 531 g/mol. The number of hydrogen-bond acceptors (Lipinski definition) is 4. The molecule has 9 heteroatoms. The van der Waals surface area contributed by atoms with E-state index in [0.29, 0.717) is 30.5 Å². The average Bonchev–Trinajstić information content (AvgIpc) is 2.74. The third-order valence-corrected chi connectivity index (χ3v) is 5.06. The quantitative estimate of drug-likeness (QED) is 0.286. The largest absolute Gasteiger partial charge is 0.497 e. The minimum Gasteiger partial charge on any atom is -0.497 e. The molecule has 2 N–H and O–H groups in total. The van der Waals surface area contributed by atoms with Crippen LogP contribution >= 0.6 is 35.6 Å². The highest BCUT2D eigenvalue weighted by atomic mass is 127. The Morgan fingerprint density at radius 2 is 1.94 bits per heavy atom. The number of amides is 1. The molecule has 0 radical (unpaired) electrons. The van der Waals surface area contributed by atoms with Crippen LogP contribution in [-0.4, -0.2) is 51.6 Å². The molecule has 2 rings (SSSR count). The normalized spacial score (nSPS) is 10.7. The number of hydrogen-bond donors (Lipinski definition) is 2. The second-order valence-electron chi connectivity index (χ2n) is 6.72. The third kappa shape index (κ3) is 7.77. The van der Waals surface area contributed by atoms with E-state index in [1.54, 1.807) is 27.3 Å². The van der Waals surface area contributed by atoms with Crippen molar-refractivity contribution in [3.63, 3.8) is 0 Å². The Morgan fingerprint density at radius 3 is 2.58 bits per heavy atom. The van der Waals surface area contributed by atoms with Crippen LogP contribution < -0.4 is 20.1 Å². The van der Waals surface area contributed by atoms with Crippen molar-refractivity contribution in [3.05, 3.63) is 52.5 Å². The summed E-state index contributed by atoms with van der Waals surface area (Å²) < 4.78 is 10.7. The fourth-order valence-corrected chi connectivity index (χ4v) is 3.12. The fraction of sp³-hybridized carbons (Fsp3) is 0.364. The van der Waals surface area contributed by atoms with Crippen LogP contribution in [0.25, 0.3) is 0 Å². The number of benzene rings is 2. The number of anilines is 1. The minimum atomic E-state index is -0.0946. The number of rotatable bonds is 8. The van der Waals surface area contributed by atoms with Gasteiger partial charge in [-0.25, -0.2) is 0 Å². The molecule has 0 aliphatic rings. The van der Waals surface area contributed by atoms with E-state index in [9.17, 15) is 4.79 Å². The van der Waals surface area contributed by atoms with E-state index in [2.05, 4.69) is 15.6 Å². The first-order valence-corrected chi connectivity index (χ1v) is 9.95. The summed E-state index contributed by atoms with van der Waals surface area (Å²) in [5.74, 6) is 2.07. The molecule has 0 heterocycles. The zero-order valence-electron chi connectivity index (χ0n) is 18.5. The molecule has 1 amide bonds. The van der Waals surface area contributed by atoms with Gasteiger partial charge in [0.2, 0.25) is 5.91 Å². The lowest BCUT2D eigenvalue weighted by molar-refractivity contribution is -0.116. The Morgan fingerprint density at radius 1 is 1.19 bits per heavy atom. The Labute approximate surface area is 206 Å². The Balaban J connectivity index is 0.00000480. The molecule has 7 nitrogen and oxygen atoms in total. The van der Waals surface area contributed by atoms with Crippen molar-refractivity contribution < 1.29 is 14.3 Å². The number of aliphatic imine (C=N–C) groups is 1. The second-order valence-corrected chi connectivity index (χ2v) is 7.13. The molecule has 31 heavy (non-hydrogen) atoms. The molecule has 0 saturated carbocycles. The van der Waals surface area contributed by atoms with E-state index >= 15 is 0 Å². The lowest BCUT2D eigenvalue weighted by Gasteiger charge is -2.23. The highest BCUT2D eigenvalue weighted by molar-refractivity contribution is 14.0. The Bertz CT molecular complexity index is 908. The number of carbonyl (C=O) groups is 1. The van der Waals surface area contributed by atoms with Gasteiger partial charge in [-0.2, -0.15) is 0 Å². The SMILES string of the molecule is CN=C(NCCC(=O)Nc1cccc(Cl)c1C)N(C)Cc1ccc(OC)cc1OC.I. The molecule has 0 aromatic heterocycles. The highest BCUT2D eigenvalue weighted by Crippen LogP contribution is 2.25. The summed E-state index contributed by atoms with van der Waals surface area (Å²) >= 11 is 6.10. The van der Waals surface area contributed by atoms with E-state index in [1.165, 1.54) is 0 Å². The summed E-state index contributed by atoms with van der Waals surface area (Å²) in [5.41, 5.74) is 2.57. The molecule has 0 spiro atoms. The standard InChI is InChI=1S/C22H29ClN4O3.HI/c1-15-18(23)7-6-8-19(15)26-21(28)11-12-25-22(24-2)27(3)14-16-9-10-17(29-4)13-20(16)30-5;/h6-10,13H,11-12,14H2,1-5H3,(H,24,25)(H,26,28);1H. The molecule has 0 unspecified atom stereocenters. The monoisotopic (exact) mass is 560 g/mol. The first kappa shape index (κ1) is 26.8. The number of guanidine groups is 1. The van der Waals surface area contributed by atoms with Crippen LogP contribution in [0.1, 0.15) is 17.5 Å². The van der Waals surface area contributed by atoms with Crippen molar-refractivity contribution in [2.45, 2.75) is 19.9 Å². The van der Waals surface area contributed by atoms with Gasteiger partial charge in [0.25, 0.3) is 0 Å². The van der Waals surface area contributed by atoms with Gasteiger partial charge in [0, 0.05) is 55.9 Å². The van der Waals surface area contributed by atoms with Gasteiger partial charge < -0.3 is 25.0 Å². The molecule has 0 atom stereocenters.